The highest BCUT2D eigenvalue weighted by Crippen LogP contribution is 2.35. The fraction of sp³-hybridized carbons (Fsp3) is 0.105. The molecule has 8 heteroatoms. The lowest BCUT2D eigenvalue weighted by molar-refractivity contribution is -0.116. The van der Waals surface area contributed by atoms with Crippen LogP contribution in [-0.2, 0) is 21.2 Å². The van der Waals surface area contributed by atoms with Crippen molar-refractivity contribution >= 4 is 55.0 Å². The van der Waals surface area contributed by atoms with Crippen molar-refractivity contribution in [3.63, 3.8) is 0 Å². The lowest BCUT2D eigenvalue weighted by Gasteiger charge is -2.04. The normalized spacial score (nSPS) is 11.9. The van der Waals surface area contributed by atoms with Gasteiger partial charge in [0.15, 0.2) is 0 Å². The Bertz CT molecular complexity index is 1100. The molecular formula is C19H17ClN2O3S2. The summed E-state index contributed by atoms with van der Waals surface area (Å²) < 4.78 is 23.5. The van der Waals surface area contributed by atoms with E-state index in [0.717, 1.165) is 20.5 Å². The van der Waals surface area contributed by atoms with E-state index in [4.69, 9.17) is 16.7 Å². The molecule has 5 nitrogen and oxygen atoms in total. The molecule has 140 valence electrons. The predicted molar refractivity (Wildman–Crippen MR) is 110 cm³/mol. The molecule has 0 saturated carbocycles. The van der Waals surface area contributed by atoms with Crippen LogP contribution in [0.3, 0.4) is 0 Å². The molecule has 3 rings (SSSR count). The van der Waals surface area contributed by atoms with Gasteiger partial charge in [-0.3, -0.25) is 4.79 Å². The number of nitrogens with two attached hydrogens (primary N) is 1. The second-order valence-corrected chi connectivity index (χ2v) is 8.86. The molecule has 1 heterocycles. The highest BCUT2D eigenvalue weighted by Gasteiger charge is 2.08. The number of benzene rings is 2. The number of carbonyl (C=O) groups is 1. The number of fused-ring (bicyclic) bond motifs is 1. The Labute approximate surface area is 166 Å². The molecule has 0 atom stereocenters. The van der Waals surface area contributed by atoms with Crippen LogP contribution in [0.2, 0.25) is 5.02 Å². The number of sulfonamides is 1. The van der Waals surface area contributed by atoms with E-state index in [1.54, 1.807) is 18.2 Å². The van der Waals surface area contributed by atoms with Gasteiger partial charge in [-0.15, -0.1) is 11.3 Å². The zero-order valence-electron chi connectivity index (χ0n) is 14.2. The van der Waals surface area contributed by atoms with Crippen LogP contribution in [0.15, 0.2) is 59.5 Å². The highest BCUT2D eigenvalue weighted by atomic mass is 35.5. The molecule has 0 bridgehead atoms. The summed E-state index contributed by atoms with van der Waals surface area (Å²) >= 11 is 7.88. The van der Waals surface area contributed by atoms with Crippen molar-refractivity contribution in [1.82, 2.24) is 5.32 Å². The maximum Gasteiger partial charge on any atom is 0.244 e. The van der Waals surface area contributed by atoms with Crippen LogP contribution in [-0.4, -0.2) is 20.9 Å². The minimum atomic E-state index is -3.69. The van der Waals surface area contributed by atoms with Gasteiger partial charge in [-0.05, 0) is 36.3 Å². The van der Waals surface area contributed by atoms with Crippen molar-refractivity contribution in [2.45, 2.75) is 11.3 Å². The van der Waals surface area contributed by atoms with Gasteiger partial charge in [-0.1, -0.05) is 41.9 Å². The number of carbonyl (C=O) groups excluding carboxylic acids is 1. The van der Waals surface area contributed by atoms with Crippen LogP contribution in [0.25, 0.3) is 16.2 Å². The summed E-state index contributed by atoms with van der Waals surface area (Å²) in [4.78, 5) is 12.9. The third-order valence-corrected chi connectivity index (χ3v) is 6.50. The first-order chi connectivity index (χ1) is 12.8. The molecule has 0 spiro atoms. The van der Waals surface area contributed by atoms with Crippen molar-refractivity contribution in [3.05, 3.63) is 70.1 Å². The monoisotopic (exact) mass is 420 g/mol. The fourth-order valence-corrected chi connectivity index (χ4v) is 4.44. The SMILES string of the molecule is NS(=O)(=O)c1ccc(CCNC(=O)C=Cc2sc3ccccc3c2Cl)cc1. The van der Waals surface area contributed by atoms with Crippen LogP contribution in [0.5, 0.6) is 0 Å². The summed E-state index contributed by atoms with van der Waals surface area (Å²) in [6.07, 6.45) is 3.75. The van der Waals surface area contributed by atoms with Gasteiger partial charge in [-0.2, -0.15) is 0 Å². The summed E-state index contributed by atoms with van der Waals surface area (Å²) in [6.45, 7) is 0.429. The Morgan fingerprint density at radius 1 is 1.15 bits per heavy atom. The first-order valence-corrected chi connectivity index (χ1v) is 10.8. The summed E-state index contributed by atoms with van der Waals surface area (Å²) in [5.41, 5.74) is 0.902. The van der Waals surface area contributed by atoms with Gasteiger partial charge < -0.3 is 5.32 Å². The topological polar surface area (TPSA) is 89.3 Å². The van der Waals surface area contributed by atoms with E-state index in [1.807, 2.05) is 24.3 Å². The first-order valence-electron chi connectivity index (χ1n) is 8.09. The van der Waals surface area contributed by atoms with Crippen LogP contribution in [0.1, 0.15) is 10.4 Å². The van der Waals surface area contributed by atoms with E-state index in [1.165, 1.54) is 29.5 Å². The summed E-state index contributed by atoms with van der Waals surface area (Å²) in [7, 11) is -3.69. The molecule has 3 N–H and O–H groups in total. The van der Waals surface area contributed by atoms with Crippen LogP contribution in [0.4, 0.5) is 0 Å². The van der Waals surface area contributed by atoms with Crippen LogP contribution in [0, 0.1) is 0 Å². The summed E-state index contributed by atoms with van der Waals surface area (Å²) in [5, 5.41) is 9.48. The highest BCUT2D eigenvalue weighted by molar-refractivity contribution is 7.89. The molecule has 1 aromatic heterocycles. The number of primary sulfonamides is 1. The number of rotatable bonds is 6. The molecule has 3 aromatic rings. The molecule has 0 aliphatic rings. The second-order valence-electron chi connectivity index (χ2n) is 5.84. The predicted octanol–water partition coefficient (Wildman–Crippen LogP) is 3.57. The molecular weight excluding hydrogens is 404 g/mol. The van der Waals surface area contributed by atoms with Gasteiger partial charge in [-0.25, -0.2) is 13.6 Å². The smallest absolute Gasteiger partial charge is 0.244 e. The number of hydrogen-bond acceptors (Lipinski definition) is 4. The lowest BCUT2D eigenvalue weighted by atomic mass is 10.1. The van der Waals surface area contributed by atoms with E-state index < -0.39 is 10.0 Å². The van der Waals surface area contributed by atoms with Gasteiger partial charge >= 0.3 is 0 Å². The third-order valence-electron chi connectivity index (χ3n) is 3.91. The van der Waals surface area contributed by atoms with E-state index >= 15 is 0 Å². The molecule has 0 fully saturated rings. The van der Waals surface area contributed by atoms with Gasteiger partial charge in [0, 0.05) is 27.6 Å². The zero-order valence-corrected chi connectivity index (χ0v) is 16.6. The first kappa shape index (κ1) is 19.6. The fourth-order valence-electron chi connectivity index (χ4n) is 2.53. The molecule has 0 unspecified atom stereocenters. The third kappa shape index (κ3) is 4.95. The largest absolute Gasteiger partial charge is 0.352 e. The van der Waals surface area contributed by atoms with E-state index in [0.29, 0.717) is 18.0 Å². The van der Waals surface area contributed by atoms with Crippen LogP contribution >= 0.6 is 22.9 Å². The number of thiophene rings is 1. The van der Waals surface area contributed by atoms with E-state index in [-0.39, 0.29) is 10.8 Å². The van der Waals surface area contributed by atoms with Gasteiger partial charge in [0.05, 0.1) is 9.92 Å². The number of nitrogens with one attached hydrogen (secondary N) is 1. The number of halogens is 1. The maximum absolute atomic E-state index is 12.0. The minimum absolute atomic E-state index is 0.0680. The summed E-state index contributed by atoms with van der Waals surface area (Å²) in [6, 6.07) is 14.1. The van der Waals surface area contributed by atoms with Gasteiger partial charge in [0.1, 0.15) is 0 Å². The van der Waals surface area contributed by atoms with Gasteiger partial charge in [0.25, 0.3) is 0 Å². The van der Waals surface area contributed by atoms with Crippen molar-refractivity contribution in [1.29, 1.82) is 0 Å². The molecule has 0 radical (unpaired) electrons. The van der Waals surface area contributed by atoms with E-state index in [2.05, 4.69) is 5.32 Å². The Morgan fingerprint density at radius 3 is 2.52 bits per heavy atom. The molecule has 1 amide bonds. The summed E-state index contributed by atoms with van der Waals surface area (Å²) in [5.74, 6) is -0.218. The molecule has 0 saturated heterocycles. The standard InChI is InChI=1S/C19H17ClN2O3S2/c20-19-15-3-1-2-4-16(15)26-17(19)9-10-18(23)22-12-11-13-5-7-14(8-6-13)27(21,24)25/h1-10H,11-12H2,(H,22,23)(H2,21,24,25). The zero-order chi connectivity index (χ0) is 19.4. The average Bonchev–Trinajstić information content (AvgIpc) is 2.96. The Morgan fingerprint density at radius 2 is 1.85 bits per heavy atom. The lowest BCUT2D eigenvalue weighted by Crippen LogP contribution is -2.23. The second kappa shape index (κ2) is 8.22. The van der Waals surface area contributed by atoms with E-state index in [9.17, 15) is 13.2 Å². The Hall–Kier alpha value is -2.19. The van der Waals surface area contributed by atoms with Gasteiger partial charge in [0.2, 0.25) is 15.9 Å². The molecule has 2 aromatic carbocycles. The Balaban J connectivity index is 1.55. The number of amides is 1. The molecule has 27 heavy (non-hydrogen) atoms. The maximum atomic E-state index is 12.0. The minimum Gasteiger partial charge on any atom is -0.352 e. The average molecular weight is 421 g/mol. The quantitative estimate of drug-likeness (QED) is 0.597. The Kier molecular flexibility index (Phi) is 5.96. The number of hydrogen-bond donors (Lipinski definition) is 2. The van der Waals surface area contributed by atoms with Crippen molar-refractivity contribution < 1.29 is 13.2 Å². The molecule has 0 aliphatic heterocycles. The van der Waals surface area contributed by atoms with Crippen molar-refractivity contribution in [2.75, 3.05) is 6.54 Å². The van der Waals surface area contributed by atoms with Crippen LogP contribution < -0.4 is 10.5 Å². The van der Waals surface area contributed by atoms with Crippen molar-refractivity contribution in [2.24, 2.45) is 5.14 Å². The van der Waals surface area contributed by atoms with Crippen molar-refractivity contribution in [3.8, 4) is 0 Å². The molecule has 0 aliphatic carbocycles.